The molecule has 0 aliphatic heterocycles. The van der Waals surface area contributed by atoms with E-state index >= 15 is 0 Å². The monoisotopic (exact) mass is 274 g/mol. The molecular weight excluding hydrogens is 259 g/mol. The summed E-state index contributed by atoms with van der Waals surface area (Å²) in [6.07, 6.45) is 0. The van der Waals surface area contributed by atoms with Crippen LogP contribution in [0.3, 0.4) is 0 Å². The topological polar surface area (TPSA) is 87.2 Å². The number of hydrogen-bond donors (Lipinski definition) is 3. The molecule has 20 heavy (non-hydrogen) atoms. The van der Waals surface area contributed by atoms with Crippen LogP contribution in [0, 0.1) is 11.2 Å². The van der Waals surface area contributed by atoms with Crippen LogP contribution in [0.25, 0.3) is 0 Å². The number of benzene rings is 2. The van der Waals surface area contributed by atoms with Crippen LogP contribution in [-0.2, 0) is 0 Å². The van der Waals surface area contributed by atoms with Crippen molar-refractivity contribution in [3.05, 3.63) is 65.5 Å². The maximum atomic E-state index is 12.2. The molecule has 0 bridgehead atoms. The van der Waals surface area contributed by atoms with Crippen molar-refractivity contribution >= 4 is 11.6 Å². The third kappa shape index (κ3) is 4.53. The van der Waals surface area contributed by atoms with Gasteiger partial charge in [-0.15, -0.1) is 0 Å². The highest BCUT2D eigenvalue weighted by Crippen LogP contribution is 2.15. The fourth-order valence-electron chi connectivity index (χ4n) is 1.40. The number of phenolic OH excluding ortho intramolecular Hbond substituents is 1. The zero-order chi connectivity index (χ0) is 15.1. The molecule has 0 saturated carbocycles. The van der Waals surface area contributed by atoms with Crippen LogP contribution in [-0.4, -0.2) is 16.7 Å². The number of halogens is 1. The van der Waals surface area contributed by atoms with Gasteiger partial charge in [0.2, 0.25) is 5.91 Å². The molecule has 0 heterocycles. The van der Waals surface area contributed by atoms with E-state index in [0.29, 0.717) is 16.8 Å². The highest BCUT2D eigenvalue weighted by molar-refractivity contribution is 5.98. The van der Waals surface area contributed by atoms with E-state index < -0.39 is 5.91 Å². The van der Waals surface area contributed by atoms with Gasteiger partial charge in [0.1, 0.15) is 11.6 Å². The van der Waals surface area contributed by atoms with Gasteiger partial charge in [-0.1, -0.05) is 12.1 Å². The molecule has 0 radical (unpaired) electrons. The number of nitrogens with one attached hydrogen (secondary N) is 1. The lowest BCUT2D eigenvalue weighted by Gasteiger charge is -1.98. The van der Waals surface area contributed by atoms with E-state index in [1.54, 1.807) is 31.2 Å². The Morgan fingerprint density at radius 3 is 2.10 bits per heavy atom. The van der Waals surface area contributed by atoms with Crippen molar-refractivity contribution in [1.29, 1.82) is 5.41 Å². The number of phenols is 1. The Hall–Kier alpha value is -2.69. The van der Waals surface area contributed by atoms with Crippen LogP contribution in [0.4, 0.5) is 4.39 Å². The fourth-order valence-corrected chi connectivity index (χ4v) is 1.40. The predicted molar refractivity (Wildman–Crippen MR) is 75.5 cm³/mol. The van der Waals surface area contributed by atoms with Crippen LogP contribution in [0.5, 0.6) is 5.75 Å². The van der Waals surface area contributed by atoms with Gasteiger partial charge in [0.05, 0.1) is 0 Å². The van der Waals surface area contributed by atoms with Crippen molar-refractivity contribution in [3.63, 3.8) is 0 Å². The predicted octanol–water partition coefficient (Wildman–Crippen LogP) is 2.70. The van der Waals surface area contributed by atoms with Crippen LogP contribution in [0.2, 0.25) is 0 Å². The molecule has 0 aromatic heterocycles. The van der Waals surface area contributed by atoms with Gasteiger partial charge in [-0.05, 0) is 43.3 Å². The van der Waals surface area contributed by atoms with Crippen molar-refractivity contribution in [1.82, 2.24) is 0 Å². The normalized spacial score (nSPS) is 9.30. The van der Waals surface area contributed by atoms with Crippen molar-refractivity contribution in [2.75, 3.05) is 0 Å². The minimum atomic E-state index is -0.542. The first kappa shape index (κ1) is 15.4. The summed E-state index contributed by atoms with van der Waals surface area (Å²) in [5.41, 5.74) is 6.21. The van der Waals surface area contributed by atoms with E-state index in [1.807, 2.05) is 0 Å². The molecule has 104 valence electrons. The molecule has 0 saturated heterocycles. The summed E-state index contributed by atoms with van der Waals surface area (Å²) in [7, 11) is 0. The second-order valence-corrected chi connectivity index (χ2v) is 4.01. The van der Waals surface area contributed by atoms with Gasteiger partial charge in [-0.2, -0.15) is 0 Å². The number of rotatable bonds is 2. The lowest BCUT2D eigenvalue weighted by Crippen LogP contribution is -2.10. The number of amides is 1. The van der Waals surface area contributed by atoms with Gasteiger partial charge in [0.15, 0.2) is 0 Å². The Labute approximate surface area is 116 Å². The van der Waals surface area contributed by atoms with Gasteiger partial charge in [0.25, 0.3) is 0 Å². The summed E-state index contributed by atoms with van der Waals surface area (Å²) in [5.74, 6) is -0.736. The first-order valence-electron chi connectivity index (χ1n) is 5.80. The Bertz CT molecular complexity index is 610. The van der Waals surface area contributed by atoms with Gasteiger partial charge < -0.3 is 16.2 Å². The number of nitrogens with two attached hydrogens (primary N) is 1. The Morgan fingerprint density at radius 2 is 1.70 bits per heavy atom. The maximum Gasteiger partial charge on any atom is 0.248 e. The molecule has 0 aliphatic rings. The smallest absolute Gasteiger partial charge is 0.248 e. The van der Waals surface area contributed by atoms with Crippen LogP contribution < -0.4 is 5.73 Å². The molecule has 4 N–H and O–H groups in total. The fraction of sp³-hybridized carbons (Fsp3) is 0.0667. The Kier molecular flexibility index (Phi) is 5.41. The molecule has 0 atom stereocenters. The largest absolute Gasteiger partial charge is 0.507 e. The lowest BCUT2D eigenvalue weighted by molar-refractivity contribution is 0.1000. The minimum absolute atomic E-state index is 0.176. The molecular formula is C15H15FN2O2. The summed E-state index contributed by atoms with van der Waals surface area (Å²) in [6.45, 7) is 1.65. The third-order valence-corrected chi connectivity index (χ3v) is 2.44. The molecule has 2 aromatic carbocycles. The number of primary amides is 1. The number of aromatic hydroxyl groups is 1. The second kappa shape index (κ2) is 7.04. The summed E-state index contributed by atoms with van der Waals surface area (Å²) < 4.78 is 12.2. The van der Waals surface area contributed by atoms with Crippen LogP contribution >= 0.6 is 0 Å². The average molecular weight is 274 g/mol. The first-order chi connectivity index (χ1) is 9.41. The van der Waals surface area contributed by atoms with Gasteiger partial charge in [-0.3, -0.25) is 4.79 Å². The number of carbonyl (C=O) groups is 1. The van der Waals surface area contributed by atoms with Crippen molar-refractivity contribution in [2.24, 2.45) is 5.73 Å². The van der Waals surface area contributed by atoms with Crippen LogP contribution in [0.15, 0.2) is 48.5 Å². The molecule has 1 amide bonds. The maximum absolute atomic E-state index is 12.2. The van der Waals surface area contributed by atoms with Crippen LogP contribution in [0.1, 0.15) is 22.8 Å². The van der Waals surface area contributed by atoms with E-state index in [4.69, 9.17) is 16.2 Å². The zero-order valence-electron chi connectivity index (χ0n) is 10.9. The highest BCUT2D eigenvalue weighted by Gasteiger charge is 1.99. The Balaban J connectivity index is 0.000000200. The van der Waals surface area contributed by atoms with E-state index in [0.717, 1.165) is 0 Å². The molecule has 0 spiro atoms. The van der Waals surface area contributed by atoms with Gasteiger partial charge in [0, 0.05) is 16.8 Å². The standard InChI is InChI=1S/C8H9NO.C7H6FNO/c1-6(9)7-4-2-3-5-8(7)10;8-6-3-1-5(2-4-6)7(9)10/h2-5,9-10H,1H3;1-4H,(H2,9,10). The molecule has 0 unspecified atom stereocenters. The molecule has 5 heteroatoms. The SMILES string of the molecule is CC(=N)c1ccccc1O.NC(=O)c1ccc(F)cc1. The van der Waals surface area contributed by atoms with E-state index in [-0.39, 0.29) is 11.6 Å². The molecule has 4 nitrogen and oxygen atoms in total. The Morgan fingerprint density at radius 1 is 1.15 bits per heavy atom. The highest BCUT2D eigenvalue weighted by atomic mass is 19.1. The van der Waals surface area contributed by atoms with Crippen molar-refractivity contribution in [3.8, 4) is 5.75 Å². The molecule has 2 rings (SSSR count). The molecule has 0 aliphatic carbocycles. The van der Waals surface area contributed by atoms with E-state index in [2.05, 4.69) is 0 Å². The number of carbonyl (C=O) groups excluding carboxylic acids is 1. The van der Waals surface area contributed by atoms with Crippen molar-refractivity contribution in [2.45, 2.75) is 6.92 Å². The van der Waals surface area contributed by atoms with Crippen molar-refractivity contribution < 1.29 is 14.3 Å². The zero-order valence-corrected chi connectivity index (χ0v) is 10.9. The lowest BCUT2D eigenvalue weighted by atomic mass is 10.1. The van der Waals surface area contributed by atoms with Gasteiger partial charge >= 0.3 is 0 Å². The summed E-state index contributed by atoms with van der Waals surface area (Å²) in [4.78, 5) is 10.4. The number of para-hydroxylation sites is 1. The van der Waals surface area contributed by atoms with E-state index in [1.165, 1.54) is 24.3 Å². The van der Waals surface area contributed by atoms with Gasteiger partial charge in [-0.25, -0.2) is 4.39 Å². The summed E-state index contributed by atoms with van der Waals surface area (Å²) in [6, 6.07) is 11.9. The summed E-state index contributed by atoms with van der Waals surface area (Å²) in [5, 5.41) is 16.4. The number of hydrogen-bond acceptors (Lipinski definition) is 3. The first-order valence-corrected chi connectivity index (χ1v) is 5.80. The molecule has 2 aromatic rings. The second-order valence-electron chi connectivity index (χ2n) is 4.01. The van der Waals surface area contributed by atoms with E-state index in [9.17, 15) is 9.18 Å². The molecule has 0 fully saturated rings. The summed E-state index contributed by atoms with van der Waals surface area (Å²) >= 11 is 0. The minimum Gasteiger partial charge on any atom is -0.507 e. The third-order valence-electron chi connectivity index (χ3n) is 2.44. The average Bonchev–Trinajstić information content (AvgIpc) is 2.40. The quantitative estimate of drug-likeness (QED) is 0.735.